The highest BCUT2D eigenvalue weighted by molar-refractivity contribution is 5.86. The zero-order valence-corrected chi connectivity index (χ0v) is 10.2. The van der Waals surface area contributed by atoms with E-state index in [4.69, 9.17) is 0 Å². The molecule has 1 aliphatic carbocycles. The average molecular weight is 213 g/mol. The molecule has 0 bridgehead atoms. The number of para-hydroxylation sites is 1. The molecule has 2 aromatic rings. The first kappa shape index (κ1) is 9.95. The minimum absolute atomic E-state index is 0.576. The molecule has 0 N–H and O–H groups in total. The van der Waals surface area contributed by atoms with Crippen molar-refractivity contribution in [3.63, 3.8) is 0 Å². The summed E-state index contributed by atoms with van der Waals surface area (Å²) in [6.07, 6.45) is 5.26. The van der Waals surface area contributed by atoms with Crippen molar-refractivity contribution in [3.05, 3.63) is 35.5 Å². The molecule has 0 amide bonds. The monoisotopic (exact) mass is 213 g/mol. The van der Waals surface area contributed by atoms with Crippen LogP contribution >= 0.6 is 0 Å². The van der Waals surface area contributed by atoms with Gasteiger partial charge in [0.15, 0.2) is 0 Å². The van der Waals surface area contributed by atoms with Crippen molar-refractivity contribution in [2.24, 2.45) is 0 Å². The highest BCUT2D eigenvalue weighted by Crippen LogP contribution is 2.34. The molecule has 0 spiro atoms. The van der Waals surface area contributed by atoms with E-state index in [9.17, 15) is 0 Å². The molecule has 0 fully saturated rings. The molecular weight excluding hydrogens is 194 g/mol. The van der Waals surface area contributed by atoms with E-state index in [2.05, 4.69) is 42.7 Å². The lowest BCUT2D eigenvalue weighted by Gasteiger charge is -2.18. The lowest BCUT2D eigenvalue weighted by Crippen LogP contribution is -2.09. The van der Waals surface area contributed by atoms with Crippen LogP contribution in [0.2, 0.25) is 0 Å². The van der Waals surface area contributed by atoms with Crippen LogP contribution in [0.15, 0.2) is 24.3 Å². The fourth-order valence-electron chi connectivity index (χ4n) is 3.12. The molecule has 0 aliphatic heterocycles. The van der Waals surface area contributed by atoms with Gasteiger partial charge in [0.05, 0.1) is 0 Å². The van der Waals surface area contributed by atoms with Gasteiger partial charge in [-0.3, -0.25) is 0 Å². The summed E-state index contributed by atoms with van der Waals surface area (Å²) in [6.45, 7) is 4.59. The molecule has 1 aromatic carbocycles. The molecule has 0 atom stereocenters. The molecule has 0 unspecified atom stereocenters. The Morgan fingerprint density at radius 3 is 2.62 bits per heavy atom. The Morgan fingerprint density at radius 1 is 1.06 bits per heavy atom. The van der Waals surface area contributed by atoms with Gasteiger partial charge in [-0.25, -0.2) is 0 Å². The van der Waals surface area contributed by atoms with E-state index in [1.807, 2.05) is 0 Å². The van der Waals surface area contributed by atoms with Crippen molar-refractivity contribution >= 4 is 10.9 Å². The maximum Gasteiger partial charge on any atom is 0.0487 e. The van der Waals surface area contributed by atoms with Gasteiger partial charge in [0.25, 0.3) is 0 Å². The van der Waals surface area contributed by atoms with Gasteiger partial charge in [-0.1, -0.05) is 18.2 Å². The minimum Gasteiger partial charge on any atom is -0.342 e. The van der Waals surface area contributed by atoms with Crippen LogP contribution in [0.4, 0.5) is 0 Å². The van der Waals surface area contributed by atoms with Crippen LogP contribution in [-0.2, 0) is 12.8 Å². The van der Waals surface area contributed by atoms with Crippen molar-refractivity contribution in [2.45, 2.75) is 45.6 Å². The summed E-state index contributed by atoms with van der Waals surface area (Å²) < 4.78 is 2.55. The fraction of sp³-hybridized carbons (Fsp3) is 0.467. The molecule has 0 saturated carbocycles. The third-order valence-electron chi connectivity index (χ3n) is 3.73. The second kappa shape index (κ2) is 3.65. The van der Waals surface area contributed by atoms with Gasteiger partial charge < -0.3 is 4.57 Å². The first-order valence-corrected chi connectivity index (χ1v) is 6.39. The van der Waals surface area contributed by atoms with Crippen LogP contribution in [0.25, 0.3) is 10.9 Å². The van der Waals surface area contributed by atoms with Crippen molar-refractivity contribution in [2.75, 3.05) is 0 Å². The van der Waals surface area contributed by atoms with Gasteiger partial charge in [-0.05, 0) is 51.2 Å². The Labute approximate surface area is 97.1 Å². The largest absolute Gasteiger partial charge is 0.342 e. The molecule has 1 nitrogen and oxygen atoms in total. The smallest absolute Gasteiger partial charge is 0.0487 e. The average Bonchev–Trinajstić information content (AvgIpc) is 2.63. The van der Waals surface area contributed by atoms with Crippen LogP contribution in [0.5, 0.6) is 0 Å². The van der Waals surface area contributed by atoms with E-state index in [1.165, 1.54) is 36.6 Å². The Hall–Kier alpha value is -1.24. The van der Waals surface area contributed by atoms with E-state index in [1.54, 1.807) is 11.3 Å². The lowest BCUT2D eigenvalue weighted by atomic mass is 9.95. The van der Waals surface area contributed by atoms with Crippen LogP contribution < -0.4 is 0 Å². The first-order valence-electron chi connectivity index (χ1n) is 6.39. The van der Waals surface area contributed by atoms with Crippen molar-refractivity contribution in [3.8, 4) is 0 Å². The lowest BCUT2D eigenvalue weighted by molar-refractivity contribution is 0.561. The maximum atomic E-state index is 2.55. The van der Waals surface area contributed by atoms with Crippen LogP contribution in [-0.4, -0.2) is 4.57 Å². The number of hydrogen-bond acceptors (Lipinski definition) is 0. The summed E-state index contributed by atoms with van der Waals surface area (Å²) in [5, 5.41) is 1.49. The zero-order valence-electron chi connectivity index (χ0n) is 10.2. The summed E-state index contributed by atoms with van der Waals surface area (Å²) in [4.78, 5) is 0. The SMILES string of the molecule is CC(C)n1c2c(c3ccccc31)CCCC2. The van der Waals surface area contributed by atoms with Crippen LogP contribution in [0.3, 0.4) is 0 Å². The molecule has 1 heteroatoms. The third kappa shape index (κ3) is 1.31. The maximum absolute atomic E-state index is 2.55. The Kier molecular flexibility index (Phi) is 2.27. The van der Waals surface area contributed by atoms with Gasteiger partial charge in [-0.2, -0.15) is 0 Å². The topological polar surface area (TPSA) is 4.93 Å². The predicted octanol–water partition coefficient (Wildman–Crippen LogP) is 4.10. The van der Waals surface area contributed by atoms with E-state index < -0.39 is 0 Å². The van der Waals surface area contributed by atoms with Crippen molar-refractivity contribution in [1.82, 2.24) is 4.57 Å². The molecule has 16 heavy (non-hydrogen) atoms. The van der Waals surface area contributed by atoms with E-state index in [0.717, 1.165) is 0 Å². The summed E-state index contributed by atoms with van der Waals surface area (Å²) in [7, 11) is 0. The first-order chi connectivity index (χ1) is 7.79. The van der Waals surface area contributed by atoms with Crippen LogP contribution in [0, 0.1) is 0 Å². The summed E-state index contributed by atoms with van der Waals surface area (Å²) in [5.41, 5.74) is 4.66. The van der Waals surface area contributed by atoms with E-state index in [-0.39, 0.29) is 0 Å². The quantitative estimate of drug-likeness (QED) is 0.672. The van der Waals surface area contributed by atoms with Gasteiger partial charge in [-0.15, -0.1) is 0 Å². The normalized spacial score (nSPS) is 15.7. The summed E-state index contributed by atoms with van der Waals surface area (Å²) in [6, 6.07) is 9.47. The molecule has 84 valence electrons. The van der Waals surface area contributed by atoms with E-state index >= 15 is 0 Å². The van der Waals surface area contributed by atoms with Gasteiger partial charge >= 0.3 is 0 Å². The minimum atomic E-state index is 0.576. The zero-order chi connectivity index (χ0) is 11.1. The van der Waals surface area contributed by atoms with Crippen LogP contribution in [0.1, 0.15) is 44.0 Å². The van der Waals surface area contributed by atoms with Crippen molar-refractivity contribution < 1.29 is 0 Å². The number of hydrogen-bond donors (Lipinski definition) is 0. The third-order valence-corrected chi connectivity index (χ3v) is 3.73. The number of nitrogens with zero attached hydrogens (tertiary/aromatic N) is 1. The summed E-state index contributed by atoms with van der Waals surface area (Å²) in [5.74, 6) is 0. The molecular formula is C15H19N. The van der Waals surface area contributed by atoms with E-state index in [0.29, 0.717) is 6.04 Å². The molecule has 1 heterocycles. The number of aromatic nitrogens is 1. The highest BCUT2D eigenvalue weighted by Gasteiger charge is 2.20. The number of rotatable bonds is 1. The number of benzene rings is 1. The molecule has 0 saturated heterocycles. The molecule has 0 radical (unpaired) electrons. The summed E-state index contributed by atoms with van der Waals surface area (Å²) >= 11 is 0. The highest BCUT2D eigenvalue weighted by atomic mass is 15.0. The van der Waals surface area contributed by atoms with Crippen molar-refractivity contribution in [1.29, 1.82) is 0 Å². The Bertz CT molecular complexity index is 519. The van der Waals surface area contributed by atoms with Gasteiger partial charge in [0.1, 0.15) is 0 Å². The molecule has 3 rings (SSSR count). The predicted molar refractivity (Wildman–Crippen MR) is 69.0 cm³/mol. The Morgan fingerprint density at radius 2 is 1.81 bits per heavy atom. The fourth-order valence-corrected chi connectivity index (χ4v) is 3.12. The second-order valence-corrected chi connectivity index (χ2v) is 5.11. The standard InChI is InChI=1S/C15H19N/c1-11(2)16-14-9-5-3-7-12(14)13-8-4-6-10-15(13)16/h3,5,7,9,11H,4,6,8,10H2,1-2H3. The molecule has 1 aromatic heterocycles. The Balaban J connectivity index is 2.37. The van der Waals surface area contributed by atoms with Gasteiger partial charge in [0.2, 0.25) is 0 Å². The number of fused-ring (bicyclic) bond motifs is 3. The van der Waals surface area contributed by atoms with Gasteiger partial charge in [0, 0.05) is 22.6 Å². The second-order valence-electron chi connectivity index (χ2n) is 5.11. The molecule has 1 aliphatic rings. The number of aryl methyl sites for hydroxylation is 1.